The van der Waals surface area contributed by atoms with Gasteiger partial charge in [0.05, 0.1) is 21.9 Å². The fraction of sp³-hybridized carbons (Fsp3) is 0.0500. The van der Waals surface area contributed by atoms with E-state index in [-0.39, 0.29) is 29.6 Å². The zero-order valence-corrected chi connectivity index (χ0v) is 17.3. The van der Waals surface area contributed by atoms with E-state index in [0.717, 1.165) is 0 Å². The van der Waals surface area contributed by atoms with Gasteiger partial charge in [0.2, 0.25) is 5.76 Å². The Bertz CT molecular complexity index is 1130. The van der Waals surface area contributed by atoms with Crippen LogP contribution in [0.4, 0.5) is 5.69 Å². The molecule has 3 aromatic rings. The first-order chi connectivity index (χ1) is 14.9. The number of rotatable bonds is 8. The van der Waals surface area contributed by atoms with E-state index in [2.05, 4.69) is 26.5 Å². The zero-order valence-electron chi connectivity index (χ0n) is 15.7. The molecule has 0 fully saturated rings. The lowest BCUT2D eigenvalue weighted by atomic mass is 10.2. The third-order valence-electron chi connectivity index (χ3n) is 3.72. The largest absolute Gasteiger partial charge is 0.483 e. The summed E-state index contributed by atoms with van der Waals surface area (Å²) in [4.78, 5) is 34.2. The summed E-state index contributed by atoms with van der Waals surface area (Å²) in [6, 6.07) is 13.6. The number of furan rings is 1. The Kier molecular flexibility index (Phi) is 7.12. The number of ether oxygens (including phenoxy) is 2. The number of esters is 1. The molecule has 31 heavy (non-hydrogen) atoms. The summed E-state index contributed by atoms with van der Waals surface area (Å²) in [7, 11) is 0. The maximum absolute atomic E-state index is 12.0. The third-order valence-corrected chi connectivity index (χ3v) is 4.34. The second-order valence-electron chi connectivity index (χ2n) is 5.86. The molecular weight excluding hydrogens is 474 g/mol. The lowest BCUT2D eigenvalue weighted by Gasteiger charge is -2.07. The van der Waals surface area contributed by atoms with Crippen LogP contribution in [0.2, 0.25) is 0 Å². The third kappa shape index (κ3) is 6.00. The Morgan fingerprint density at radius 3 is 2.68 bits per heavy atom. The van der Waals surface area contributed by atoms with Gasteiger partial charge in [-0.2, -0.15) is 5.10 Å². The summed E-state index contributed by atoms with van der Waals surface area (Å²) >= 11 is 3.15. The van der Waals surface area contributed by atoms with Crippen molar-refractivity contribution in [3.8, 4) is 11.5 Å². The second-order valence-corrected chi connectivity index (χ2v) is 6.71. The average Bonchev–Trinajstić information content (AvgIpc) is 3.29. The molecule has 0 radical (unpaired) electrons. The minimum atomic E-state index is -0.669. The number of benzene rings is 2. The molecule has 0 bridgehead atoms. The van der Waals surface area contributed by atoms with E-state index in [4.69, 9.17) is 13.9 Å². The number of para-hydroxylation sites is 1. The van der Waals surface area contributed by atoms with Crippen molar-refractivity contribution in [2.24, 2.45) is 5.10 Å². The smallest absolute Gasteiger partial charge is 0.379 e. The maximum atomic E-state index is 12.0. The fourth-order valence-electron chi connectivity index (χ4n) is 2.29. The van der Waals surface area contributed by atoms with Crippen molar-refractivity contribution in [3.05, 3.63) is 86.8 Å². The van der Waals surface area contributed by atoms with Crippen LogP contribution in [-0.4, -0.2) is 29.6 Å². The first-order valence-electron chi connectivity index (χ1n) is 8.67. The number of nitro groups is 1. The standard InChI is InChI=1S/C20H14BrN3O7/c21-15-10-14(24(27)28)7-8-17(15)30-12-19(25)23-22-11-13-4-1-2-5-16(13)31-20(26)18-6-3-9-29-18/h1-11H,12H2,(H,23,25)/b22-11-. The van der Waals surface area contributed by atoms with Gasteiger partial charge in [-0.15, -0.1) is 0 Å². The second kappa shape index (κ2) is 10.2. The SMILES string of the molecule is O=C(COc1ccc([N+](=O)[O-])cc1Br)N/N=C\c1ccccc1OC(=O)c1ccco1. The molecule has 0 unspecified atom stereocenters. The average molecular weight is 488 g/mol. The van der Waals surface area contributed by atoms with Crippen LogP contribution in [0.15, 0.2) is 74.9 Å². The zero-order chi connectivity index (χ0) is 22.2. The first kappa shape index (κ1) is 21.7. The van der Waals surface area contributed by atoms with Crippen LogP contribution < -0.4 is 14.9 Å². The van der Waals surface area contributed by atoms with E-state index >= 15 is 0 Å². The molecule has 1 amide bonds. The predicted octanol–water partition coefficient (Wildman–Crippen LogP) is 3.70. The lowest BCUT2D eigenvalue weighted by molar-refractivity contribution is -0.384. The summed E-state index contributed by atoms with van der Waals surface area (Å²) in [6.45, 7) is -0.372. The highest BCUT2D eigenvalue weighted by molar-refractivity contribution is 9.10. The summed E-state index contributed by atoms with van der Waals surface area (Å²) < 4.78 is 15.9. The number of carbonyl (C=O) groups excluding carboxylic acids is 2. The highest BCUT2D eigenvalue weighted by atomic mass is 79.9. The number of hydrazone groups is 1. The monoisotopic (exact) mass is 487 g/mol. The molecule has 0 aliphatic heterocycles. The molecule has 1 heterocycles. The van der Waals surface area contributed by atoms with Gasteiger partial charge in [-0.25, -0.2) is 10.2 Å². The van der Waals surface area contributed by atoms with E-state index in [1.165, 1.54) is 36.7 Å². The molecule has 0 spiro atoms. The molecule has 3 rings (SSSR count). The molecule has 1 aromatic heterocycles. The van der Waals surface area contributed by atoms with Crippen molar-refractivity contribution in [1.29, 1.82) is 0 Å². The van der Waals surface area contributed by atoms with Crippen molar-refractivity contribution in [1.82, 2.24) is 5.43 Å². The van der Waals surface area contributed by atoms with Crippen molar-refractivity contribution >= 4 is 39.7 Å². The Labute approximate surface area is 183 Å². The van der Waals surface area contributed by atoms with E-state index in [1.54, 1.807) is 30.3 Å². The number of amides is 1. The molecule has 0 saturated heterocycles. The van der Waals surface area contributed by atoms with Crippen molar-refractivity contribution in [2.45, 2.75) is 0 Å². The normalized spacial score (nSPS) is 10.6. The molecule has 158 valence electrons. The van der Waals surface area contributed by atoms with Crippen LogP contribution in [0.25, 0.3) is 0 Å². The Morgan fingerprint density at radius 1 is 1.16 bits per heavy atom. The Morgan fingerprint density at radius 2 is 1.97 bits per heavy atom. The summed E-state index contributed by atoms with van der Waals surface area (Å²) in [5, 5.41) is 14.6. The number of nitrogens with one attached hydrogen (secondary N) is 1. The number of carbonyl (C=O) groups is 2. The van der Waals surface area contributed by atoms with E-state index in [1.807, 2.05) is 0 Å². The van der Waals surface area contributed by atoms with Gasteiger partial charge in [0, 0.05) is 17.7 Å². The number of halogens is 1. The van der Waals surface area contributed by atoms with Crippen molar-refractivity contribution in [3.63, 3.8) is 0 Å². The van der Waals surface area contributed by atoms with E-state index in [0.29, 0.717) is 10.0 Å². The number of nitrogens with zero attached hydrogens (tertiary/aromatic N) is 2. The molecule has 2 aromatic carbocycles. The van der Waals surface area contributed by atoms with Gasteiger partial charge >= 0.3 is 5.97 Å². The van der Waals surface area contributed by atoms with Gasteiger partial charge in [-0.1, -0.05) is 12.1 Å². The van der Waals surface area contributed by atoms with E-state index < -0.39 is 16.8 Å². The van der Waals surface area contributed by atoms with Crippen molar-refractivity contribution in [2.75, 3.05) is 6.61 Å². The van der Waals surface area contributed by atoms with Crippen LogP contribution in [0, 0.1) is 10.1 Å². The quantitative estimate of drug-likeness (QED) is 0.168. The van der Waals surface area contributed by atoms with E-state index in [9.17, 15) is 19.7 Å². The van der Waals surface area contributed by atoms with Gasteiger partial charge in [-0.3, -0.25) is 14.9 Å². The highest BCUT2D eigenvalue weighted by Crippen LogP contribution is 2.29. The number of hydrogen-bond acceptors (Lipinski definition) is 8. The van der Waals surface area contributed by atoms with Gasteiger partial charge in [-0.05, 0) is 46.3 Å². The van der Waals surface area contributed by atoms with Crippen LogP contribution >= 0.6 is 15.9 Å². The minimum absolute atomic E-state index is 0.0506. The Balaban J connectivity index is 1.55. The molecule has 0 saturated carbocycles. The van der Waals surface area contributed by atoms with Gasteiger partial charge < -0.3 is 13.9 Å². The lowest BCUT2D eigenvalue weighted by Crippen LogP contribution is -2.24. The molecule has 0 atom stereocenters. The molecule has 10 nitrogen and oxygen atoms in total. The van der Waals surface area contributed by atoms with Crippen LogP contribution in [0.5, 0.6) is 11.5 Å². The van der Waals surface area contributed by atoms with Gasteiger partial charge in [0.25, 0.3) is 11.6 Å². The van der Waals surface area contributed by atoms with Gasteiger partial charge in [0.1, 0.15) is 11.5 Å². The molecular formula is C20H14BrN3O7. The summed E-state index contributed by atoms with van der Waals surface area (Å²) in [6.07, 6.45) is 2.67. The summed E-state index contributed by atoms with van der Waals surface area (Å²) in [5.41, 5.74) is 2.62. The first-order valence-corrected chi connectivity index (χ1v) is 9.46. The van der Waals surface area contributed by atoms with Gasteiger partial charge in [0.15, 0.2) is 6.61 Å². The van der Waals surface area contributed by atoms with Crippen LogP contribution in [0.3, 0.4) is 0 Å². The molecule has 1 N–H and O–H groups in total. The molecule has 0 aliphatic rings. The maximum Gasteiger partial charge on any atom is 0.379 e. The number of non-ortho nitro benzene ring substituents is 1. The highest BCUT2D eigenvalue weighted by Gasteiger charge is 2.14. The number of nitro benzene ring substituents is 1. The van der Waals surface area contributed by atoms with Crippen LogP contribution in [0.1, 0.15) is 16.1 Å². The minimum Gasteiger partial charge on any atom is -0.483 e. The predicted molar refractivity (Wildman–Crippen MR) is 112 cm³/mol. The summed E-state index contributed by atoms with van der Waals surface area (Å²) in [5.74, 6) is -0.689. The van der Waals surface area contributed by atoms with Crippen LogP contribution in [-0.2, 0) is 4.79 Å². The van der Waals surface area contributed by atoms with Crippen molar-refractivity contribution < 1.29 is 28.4 Å². The topological polar surface area (TPSA) is 133 Å². The fourth-order valence-corrected chi connectivity index (χ4v) is 2.78. The number of hydrogen-bond donors (Lipinski definition) is 1. The molecule has 11 heteroatoms. The Hall–Kier alpha value is -3.99. The molecule has 0 aliphatic carbocycles.